The fourth-order valence-corrected chi connectivity index (χ4v) is 4.22. The van der Waals surface area contributed by atoms with Crippen LogP contribution in [0.25, 0.3) is 0 Å². The third-order valence-electron chi connectivity index (χ3n) is 4.71. The number of hydrogen-bond acceptors (Lipinski definition) is 5. The highest BCUT2D eigenvalue weighted by Crippen LogP contribution is 2.31. The molecule has 0 N–H and O–H groups in total. The highest BCUT2D eigenvalue weighted by atomic mass is 32.1. The smallest absolute Gasteiger partial charge is 0.306 e. The molecule has 1 fully saturated rings. The first-order chi connectivity index (χ1) is 11.7. The van der Waals surface area contributed by atoms with Gasteiger partial charge in [0.05, 0.1) is 20.1 Å². The van der Waals surface area contributed by atoms with Crippen LogP contribution in [-0.2, 0) is 16.0 Å². The number of thiophene rings is 1. The Kier molecular flexibility index (Phi) is 8.60. The molecule has 0 aliphatic heterocycles. The van der Waals surface area contributed by atoms with E-state index in [4.69, 9.17) is 4.74 Å². The summed E-state index contributed by atoms with van der Waals surface area (Å²) in [5.41, 5.74) is 0. The number of nitrogens with zero attached hydrogens (tertiary/aromatic N) is 1. The molecule has 0 atom stereocenters. The van der Waals surface area contributed by atoms with Crippen LogP contribution in [0.15, 0.2) is 12.1 Å². The minimum absolute atomic E-state index is 0.151. The van der Waals surface area contributed by atoms with Crippen molar-refractivity contribution in [3.05, 3.63) is 17.0 Å². The van der Waals surface area contributed by atoms with E-state index in [0.29, 0.717) is 6.42 Å². The van der Waals surface area contributed by atoms with E-state index in [1.165, 1.54) is 50.5 Å². The van der Waals surface area contributed by atoms with Gasteiger partial charge in [-0.3, -0.25) is 4.79 Å². The van der Waals surface area contributed by atoms with E-state index < -0.39 is 0 Å². The first kappa shape index (κ1) is 19.3. The summed E-state index contributed by atoms with van der Waals surface area (Å²) in [4.78, 5) is 14.7. The summed E-state index contributed by atoms with van der Waals surface area (Å²) in [6.07, 6.45) is 9.66. The molecule has 1 aliphatic rings. The minimum Gasteiger partial charge on any atom is -0.484 e. The molecule has 1 heterocycles. The molecule has 5 heteroatoms. The molecule has 136 valence electrons. The van der Waals surface area contributed by atoms with Gasteiger partial charge in [-0.15, -0.1) is 11.3 Å². The van der Waals surface area contributed by atoms with Crippen LogP contribution in [0.4, 0.5) is 0 Å². The van der Waals surface area contributed by atoms with E-state index in [0.717, 1.165) is 37.1 Å². The predicted molar refractivity (Wildman–Crippen MR) is 98.8 cm³/mol. The maximum atomic E-state index is 11.1. The number of hydrogen-bond donors (Lipinski definition) is 0. The third-order valence-corrected chi connectivity index (χ3v) is 5.73. The van der Waals surface area contributed by atoms with Gasteiger partial charge in [-0.25, -0.2) is 0 Å². The Labute approximate surface area is 150 Å². The first-order valence-electron chi connectivity index (χ1n) is 9.14. The van der Waals surface area contributed by atoms with Crippen molar-refractivity contribution in [1.82, 2.24) is 4.90 Å². The van der Waals surface area contributed by atoms with Crippen LogP contribution in [-0.4, -0.2) is 44.7 Å². The molecule has 0 aromatic carbocycles. The normalized spacial score (nSPS) is 15.6. The van der Waals surface area contributed by atoms with E-state index >= 15 is 0 Å². The molecule has 0 amide bonds. The number of esters is 1. The standard InChI is InChI=1S/C19H31NO3S/c1-20(13-11-18(21)22-2)12-6-14-23-19-10-9-17(24-19)15-16-7-4-3-5-8-16/h9-10,16H,3-8,11-15H2,1-2H3. The maximum absolute atomic E-state index is 11.1. The second kappa shape index (κ2) is 10.7. The Morgan fingerprint density at radius 1 is 1.25 bits per heavy atom. The second-order valence-electron chi connectivity index (χ2n) is 6.76. The van der Waals surface area contributed by atoms with Crippen molar-refractivity contribution in [2.75, 3.05) is 33.9 Å². The average molecular weight is 354 g/mol. The van der Waals surface area contributed by atoms with Crippen LogP contribution >= 0.6 is 11.3 Å². The summed E-state index contributed by atoms with van der Waals surface area (Å²) in [5.74, 6) is 0.732. The van der Waals surface area contributed by atoms with Crippen molar-refractivity contribution < 1.29 is 14.3 Å². The largest absolute Gasteiger partial charge is 0.484 e. The second-order valence-corrected chi connectivity index (χ2v) is 7.89. The third kappa shape index (κ3) is 7.22. The van der Waals surface area contributed by atoms with Gasteiger partial charge in [-0.2, -0.15) is 0 Å². The Hall–Kier alpha value is -1.07. The van der Waals surface area contributed by atoms with Gasteiger partial charge in [0.25, 0.3) is 0 Å². The fraction of sp³-hybridized carbons (Fsp3) is 0.737. The highest BCUT2D eigenvalue weighted by molar-refractivity contribution is 7.13. The lowest BCUT2D eigenvalue weighted by atomic mass is 9.87. The zero-order chi connectivity index (χ0) is 17.2. The summed E-state index contributed by atoms with van der Waals surface area (Å²) < 4.78 is 10.5. The number of ether oxygens (including phenoxy) is 2. The molecular weight excluding hydrogens is 322 g/mol. The zero-order valence-electron chi connectivity index (χ0n) is 15.1. The molecule has 0 saturated heterocycles. The van der Waals surface area contributed by atoms with Crippen LogP contribution in [0.3, 0.4) is 0 Å². The van der Waals surface area contributed by atoms with Gasteiger partial charge < -0.3 is 14.4 Å². The lowest BCUT2D eigenvalue weighted by Crippen LogP contribution is -2.24. The van der Waals surface area contributed by atoms with Gasteiger partial charge >= 0.3 is 5.97 Å². The number of carbonyl (C=O) groups is 1. The fourth-order valence-electron chi connectivity index (χ4n) is 3.22. The number of rotatable bonds is 10. The zero-order valence-corrected chi connectivity index (χ0v) is 15.9. The van der Waals surface area contributed by atoms with E-state index in [2.05, 4.69) is 21.8 Å². The van der Waals surface area contributed by atoms with Crippen molar-refractivity contribution in [3.63, 3.8) is 0 Å². The van der Waals surface area contributed by atoms with E-state index in [1.54, 1.807) is 11.3 Å². The van der Waals surface area contributed by atoms with Crippen LogP contribution < -0.4 is 4.74 Å². The van der Waals surface area contributed by atoms with Crippen molar-refractivity contribution in [1.29, 1.82) is 0 Å². The van der Waals surface area contributed by atoms with Gasteiger partial charge in [0.1, 0.15) is 0 Å². The van der Waals surface area contributed by atoms with Crippen LogP contribution in [0.1, 0.15) is 49.8 Å². The molecule has 4 nitrogen and oxygen atoms in total. The number of methoxy groups -OCH3 is 1. The molecule has 0 bridgehead atoms. The van der Waals surface area contributed by atoms with Gasteiger partial charge in [0.2, 0.25) is 0 Å². The van der Waals surface area contributed by atoms with Crippen LogP contribution in [0, 0.1) is 5.92 Å². The molecule has 24 heavy (non-hydrogen) atoms. The molecular formula is C19H31NO3S. The Morgan fingerprint density at radius 2 is 2.04 bits per heavy atom. The quantitative estimate of drug-likeness (QED) is 0.468. The molecule has 1 aliphatic carbocycles. The Morgan fingerprint density at radius 3 is 2.79 bits per heavy atom. The van der Waals surface area contributed by atoms with Crippen molar-refractivity contribution in [3.8, 4) is 5.06 Å². The van der Waals surface area contributed by atoms with Crippen molar-refractivity contribution in [2.24, 2.45) is 5.92 Å². The van der Waals surface area contributed by atoms with E-state index in [1.807, 2.05) is 7.05 Å². The summed E-state index contributed by atoms with van der Waals surface area (Å²) in [5, 5.41) is 1.04. The average Bonchev–Trinajstić information content (AvgIpc) is 3.04. The lowest BCUT2D eigenvalue weighted by molar-refractivity contribution is -0.140. The monoisotopic (exact) mass is 353 g/mol. The Balaban J connectivity index is 1.58. The summed E-state index contributed by atoms with van der Waals surface area (Å²) in [7, 11) is 3.45. The summed E-state index contributed by atoms with van der Waals surface area (Å²) >= 11 is 1.81. The molecule has 1 saturated carbocycles. The SMILES string of the molecule is COC(=O)CCN(C)CCCOc1ccc(CC2CCCCC2)s1. The Bertz CT molecular complexity index is 483. The van der Waals surface area contributed by atoms with Crippen LogP contribution in [0.2, 0.25) is 0 Å². The van der Waals surface area contributed by atoms with E-state index in [9.17, 15) is 4.79 Å². The highest BCUT2D eigenvalue weighted by Gasteiger charge is 2.15. The van der Waals surface area contributed by atoms with Gasteiger partial charge in [-0.05, 0) is 37.9 Å². The van der Waals surface area contributed by atoms with Crippen LogP contribution in [0.5, 0.6) is 5.06 Å². The van der Waals surface area contributed by atoms with Crippen molar-refractivity contribution in [2.45, 2.75) is 51.4 Å². The topological polar surface area (TPSA) is 38.8 Å². The van der Waals surface area contributed by atoms with E-state index in [-0.39, 0.29) is 5.97 Å². The summed E-state index contributed by atoms with van der Waals surface area (Å²) in [6.45, 7) is 2.39. The molecule has 1 aromatic rings. The first-order valence-corrected chi connectivity index (χ1v) is 9.96. The summed E-state index contributed by atoms with van der Waals surface area (Å²) in [6, 6.07) is 4.35. The predicted octanol–water partition coefficient (Wildman–Crippen LogP) is 4.13. The number of carbonyl (C=O) groups excluding carboxylic acids is 1. The van der Waals surface area contributed by atoms with Crippen molar-refractivity contribution >= 4 is 17.3 Å². The lowest BCUT2D eigenvalue weighted by Gasteiger charge is -2.20. The molecule has 0 spiro atoms. The minimum atomic E-state index is -0.151. The molecule has 0 radical (unpaired) electrons. The van der Waals surface area contributed by atoms with Gasteiger partial charge in [0, 0.05) is 18.0 Å². The van der Waals surface area contributed by atoms with Gasteiger partial charge in [-0.1, -0.05) is 32.1 Å². The molecule has 1 aromatic heterocycles. The maximum Gasteiger partial charge on any atom is 0.306 e. The molecule has 0 unspecified atom stereocenters. The molecule has 2 rings (SSSR count). The van der Waals surface area contributed by atoms with Gasteiger partial charge in [0.15, 0.2) is 5.06 Å².